The average molecular weight is 380 g/mol. The van der Waals surface area contributed by atoms with Crippen molar-refractivity contribution in [2.75, 3.05) is 0 Å². The summed E-state index contributed by atoms with van der Waals surface area (Å²) in [6.07, 6.45) is 4.27. The molecule has 0 bridgehead atoms. The van der Waals surface area contributed by atoms with Gasteiger partial charge >= 0.3 is 93.4 Å². The van der Waals surface area contributed by atoms with Gasteiger partial charge in [0.05, 0.1) is 0 Å². The summed E-state index contributed by atoms with van der Waals surface area (Å²) in [5.74, 6) is 0. The molecule has 0 aromatic rings. The first-order valence-electron chi connectivity index (χ1n) is 5.85. The summed E-state index contributed by atoms with van der Waals surface area (Å²) < 4.78 is 3.29. The second-order valence-corrected chi connectivity index (χ2v) is 18.0. The van der Waals surface area contributed by atoms with E-state index in [4.69, 9.17) is 0 Å². The van der Waals surface area contributed by atoms with E-state index in [1.165, 1.54) is 19.3 Å². The number of hydrogen-bond donors (Lipinski definition) is 0. The predicted molar refractivity (Wildman–Crippen MR) is 64.9 cm³/mol. The second-order valence-electron chi connectivity index (χ2n) is 4.22. The summed E-state index contributed by atoms with van der Waals surface area (Å²) in [4.78, 5) is 0. The summed E-state index contributed by atoms with van der Waals surface area (Å²) >= 11 is -1.19. The van der Waals surface area contributed by atoms with Gasteiger partial charge in [0.2, 0.25) is 0 Å². The van der Waals surface area contributed by atoms with Crippen LogP contribution in [0.5, 0.6) is 0 Å². The van der Waals surface area contributed by atoms with E-state index < -0.39 is 21.8 Å². The second kappa shape index (κ2) is 7.21. The molecule has 80 valence electrons. The molecule has 0 rings (SSSR count). The Hall–Kier alpha value is 0.883. The monoisotopic (exact) mass is 380 g/mol. The third-order valence-electron chi connectivity index (χ3n) is 3.30. The van der Waals surface area contributed by atoms with Crippen LogP contribution in [-0.4, -0.2) is 21.8 Å². The maximum absolute atomic E-state index is 2.51. The van der Waals surface area contributed by atoms with E-state index in [1.54, 1.807) is 0 Å². The zero-order valence-corrected chi connectivity index (χ0v) is 13.8. The summed E-state index contributed by atoms with van der Waals surface area (Å²) in [6, 6.07) is 0. The Morgan fingerprint density at radius 1 is 0.692 bits per heavy atom. The Bertz CT molecular complexity index is 98.5. The van der Waals surface area contributed by atoms with Crippen LogP contribution in [0.1, 0.15) is 60.8 Å². The normalized spacial score (nSPS) is 18.7. The average Bonchev–Trinajstić information content (AvgIpc) is 2.16. The van der Waals surface area contributed by atoms with Crippen molar-refractivity contribution < 1.29 is 0 Å². The quantitative estimate of drug-likeness (QED) is 0.576. The molecule has 0 nitrogen and oxygen atoms in total. The summed E-state index contributed by atoms with van der Waals surface area (Å²) in [6.45, 7) is 14.6. The molecule has 13 heavy (non-hydrogen) atoms. The molecule has 0 spiro atoms. The van der Waals surface area contributed by atoms with Gasteiger partial charge in [0.15, 0.2) is 0 Å². The van der Waals surface area contributed by atoms with Gasteiger partial charge in [-0.25, -0.2) is 0 Å². The maximum atomic E-state index is 2.51. The first-order valence-corrected chi connectivity index (χ1v) is 11.9. The SMILES string of the molecule is CC[CH](C)[Bi]([CH](C)CC)[CH](C)CC. The summed E-state index contributed by atoms with van der Waals surface area (Å²) in [7, 11) is 0. The topological polar surface area (TPSA) is 0 Å². The van der Waals surface area contributed by atoms with Crippen molar-refractivity contribution in [2.24, 2.45) is 0 Å². The third-order valence-corrected chi connectivity index (χ3v) is 19.4. The Morgan fingerprint density at radius 2 is 0.923 bits per heavy atom. The van der Waals surface area contributed by atoms with E-state index in [-0.39, 0.29) is 0 Å². The van der Waals surface area contributed by atoms with Crippen molar-refractivity contribution in [3.05, 3.63) is 0 Å². The van der Waals surface area contributed by atoms with E-state index in [0.717, 1.165) is 10.9 Å². The molecule has 0 amide bonds. The van der Waals surface area contributed by atoms with Gasteiger partial charge in [-0.1, -0.05) is 0 Å². The molecular formula is C12H27Bi. The van der Waals surface area contributed by atoms with E-state index in [1.807, 2.05) is 0 Å². The minimum atomic E-state index is -1.19. The molecule has 0 saturated heterocycles. The third kappa shape index (κ3) is 4.28. The first kappa shape index (κ1) is 13.9. The van der Waals surface area contributed by atoms with E-state index in [0.29, 0.717) is 0 Å². The van der Waals surface area contributed by atoms with E-state index in [9.17, 15) is 0 Å². The summed E-state index contributed by atoms with van der Waals surface area (Å²) in [5, 5.41) is 0. The molecule has 1 heteroatoms. The van der Waals surface area contributed by atoms with Crippen LogP contribution in [0.2, 0.25) is 10.9 Å². The van der Waals surface area contributed by atoms with Crippen molar-refractivity contribution in [3.8, 4) is 0 Å². The number of rotatable bonds is 6. The number of hydrogen-bond acceptors (Lipinski definition) is 0. The van der Waals surface area contributed by atoms with Crippen LogP contribution >= 0.6 is 0 Å². The van der Waals surface area contributed by atoms with E-state index in [2.05, 4.69) is 41.5 Å². The van der Waals surface area contributed by atoms with Crippen LogP contribution in [0.25, 0.3) is 0 Å². The van der Waals surface area contributed by atoms with Crippen LogP contribution in [0.15, 0.2) is 0 Å². The Labute approximate surface area is 93.2 Å². The molecule has 0 aliphatic heterocycles. The van der Waals surface area contributed by atoms with E-state index >= 15 is 0 Å². The predicted octanol–water partition coefficient (Wildman–Crippen LogP) is 4.88. The van der Waals surface area contributed by atoms with Gasteiger partial charge in [0, 0.05) is 0 Å². The van der Waals surface area contributed by atoms with Gasteiger partial charge < -0.3 is 0 Å². The van der Waals surface area contributed by atoms with Gasteiger partial charge in [-0.15, -0.1) is 0 Å². The summed E-state index contributed by atoms with van der Waals surface area (Å²) in [5.41, 5.74) is 0. The van der Waals surface area contributed by atoms with Crippen LogP contribution in [-0.2, 0) is 0 Å². The molecule has 0 saturated carbocycles. The van der Waals surface area contributed by atoms with Crippen molar-refractivity contribution >= 4 is 21.8 Å². The Kier molecular flexibility index (Phi) is 7.70. The minimum absolute atomic E-state index is 1.10. The molecule has 0 heterocycles. The van der Waals surface area contributed by atoms with Crippen LogP contribution < -0.4 is 0 Å². The molecule has 0 aliphatic carbocycles. The van der Waals surface area contributed by atoms with Gasteiger partial charge in [0.1, 0.15) is 0 Å². The molecule has 0 aromatic carbocycles. The molecule has 0 N–H and O–H groups in total. The zero-order valence-electron chi connectivity index (χ0n) is 10.3. The van der Waals surface area contributed by atoms with Crippen molar-refractivity contribution in [1.82, 2.24) is 0 Å². The Balaban J connectivity index is 4.34. The van der Waals surface area contributed by atoms with Crippen molar-refractivity contribution in [1.29, 1.82) is 0 Å². The van der Waals surface area contributed by atoms with Crippen LogP contribution in [0.4, 0.5) is 0 Å². The first-order chi connectivity index (χ1) is 6.08. The molecule has 3 unspecified atom stereocenters. The fourth-order valence-corrected chi connectivity index (χ4v) is 17.0. The molecule has 0 aliphatic rings. The van der Waals surface area contributed by atoms with Gasteiger partial charge in [0.25, 0.3) is 0 Å². The standard InChI is InChI=1S/3C4H9.Bi/c3*1-3-4-2;/h3*3H,4H2,1-2H3;. The van der Waals surface area contributed by atoms with Gasteiger partial charge in [-0.2, -0.15) is 0 Å². The fraction of sp³-hybridized carbons (Fsp3) is 1.00. The fourth-order valence-electron chi connectivity index (χ4n) is 1.94. The zero-order chi connectivity index (χ0) is 10.4. The van der Waals surface area contributed by atoms with Crippen molar-refractivity contribution in [2.45, 2.75) is 71.7 Å². The van der Waals surface area contributed by atoms with Gasteiger partial charge in [-0.05, 0) is 0 Å². The Morgan fingerprint density at radius 3 is 1.08 bits per heavy atom. The molecular weight excluding hydrogens is 353 g/mol. The van der Waals surface area contributed by atoms with Gasteiger partial charge in [-0.3, -0.25) is 0 Å². The molecule has 0 aromatic heterocycles. The molecule has 0 fully saturated rings. The molecule has 3 atom stereocenters. The molecule has 0 radical (unpaired) electrons. The van der Waals surface area contributed by atoms with Crippen LogP contribution in [0.3, 0.4) is 0 Å². The van der Waals surface area contributed by atoms with Crippen molar-refractivity contribution in [3.63, 3.8) is 0 Å². The van der Waals surface area contributed by atoms with Crippen LogP contribution in [0, 0.1) is 0 Å².